The number of hydrogen-bond donors (Lipinski definition) is 1. The molecular weight excluding hydrogens is 450 g/mol. The van der Waals surface area contributed by atoms with Crippen LogP contribution in [0.15, 0.2) is 83.8 Å². The first kappa shape index (κ1) is 22.5. The Hall–Kier alpha value is -3.69. The van der Waals surface area contributed by atoms with Gasteiger partial charge >= 0.3 is 0 Å². The summed E-state index contributed by atoms with van der Waals surface area (Å²) in [6.45, 7) is -0.119. The number of ether oxygens (including phenoxy) is 1. The van der Waals surface area contributed by atoms with Crippen molar-refractivity contribution in [2.45, 2.75) is 12.4 Å². The van der Waals surface area contributed by atoms with Crippen LogP contribution in [-0.2, 0) is 23.4 Å². The van der Waals surface area contributed by atoms with Crippen LogP contribution in [0.4, 0.5) is 8.78 Å². The van der Waals surface area contributed by atoms with Gasteiger partial charge in [-0.25, -0.2) is 13.0 Å². The summed E-state index contributed by atoms with van der Waals surface area (Å²) in [6.07, 6.45) is 1.51. The molecule has 0 radical (unpaired) electrons. The molecule has 1 unspecified atom stereocenters. The summed E-state index contributed by atoms with van der Waals surface area (Å²) < 4.78 is 53.5. The molecule has 1 atom stereocenters. The van der Waals surface area contributed by atoms with E-state index < -0.39 is 28.3 Å². The summed E-state index contributed by atoms with van der Waals surface area (Å²) in [4.78, 5) is 13.3. The van der Waals surface area contributed by atoms with Crippen LogP contribution in [0.3, 0.4) is 0 Å². The molecule has 0 saturated carbocycles. The Balaban J connectivity index is 1.75. The lowest BCUT2D eigenvalue weighted by Gasteiger charge is -2.14. The first-order valence-corrected chi connectivity index (χ1v) is 11.1. The van der Waals surface area contributed by atoms with E-state index in [0.29, 0.717) is 28.1 Å². The minimum Gasteiger partial charge on any atom is -0.489 e. The molecule has 1 N–H and O–H groups in total. The first-order valence-electron chi connectivity index (χ1n) is 9.83. The van der Waals surface area contributed by atoms with Crippen molar-refractivity contribution >= 4 is 11.1 Å². The highest BCUT2D eigenvalue weighted by Crippen LogP contribution is 2.24. The number of nitrogens with zero attached hydrogens (tertiary/aromatic N) is 2. The standard InChI is InChI=1S/C24H18F2N2O4S/c25-18-5-9-20(10-6-18)28-24(29)23(14-32-21-11-7-19(26)8-12-21)22(13-27-28)17-3-1-16(2-4-17)15-33(30)31/h1-13H,14-15H2,(H,30,31). The Bertz CT molecular complexity index is 1340. The highest BCUT2D eigenvalue weighted by atomic mass is 32.2. The van der Waals surface area contributed by atoms with Gasteiger partial charge in [0.2, 0.25) is 0 Å². The van der Waals surface area contributed by atoms with Crippen molar-refractivity contribution in [2.75, 3.05) is 0 Å². The van der Waals surface area contributed by atoms with Crippen LogP contribution in [-0.4, -0.2) is 18.5 Å². The molecule has 0 saturated heterocycles. The first-order chi connectivity index (χ1) is 15.9. The average molecular weight is 468 g/mol. The van der Waals surface area contributed by atoms with E-state index in [0.717, 1.165) is 4.68 Å². The summed E-state index contributed by atoms with van der Waals surface area (Å²) in [5, 5.41) is 4.24. The van der Waals surface area contributed by atoms with E-state index in [1.807, 2.05) is 0 Å². The van der Waals surface area contributed by atoms with Crippen molar-refractivity contribution in [1.82, 2.24) is 9.78 Å². The van der Waals surface area contributed by atoms with Crippen LogP contribution in [0.25, 0.3) is 16.8 Å². The highest BCUT2D eigenvalue weighted by molar-refractivity contribution is 7.78. The molecule has 0 amide bonds. The molecule has 0 aliphatic carbocycles. The summed E-state index contributed by atoms with van der Waals surface area (Å²) >= 11 is -1.97. The summed E-state index contributed by atoms with van der Waals surface area (Å²) in [6, 6.07) is 17.6. The van der Waals surface area contributed by atoms with Gasteiger partial charge in [0.05, 0.1) is 23.2 Å². The smallest absolute Gasteiger partial charge is 0.278 e. The molecule has 6 nitrogen and oxygen atoms in total. The molecule has 0 spiro atoms. The monoisotopic (exact) mass is 468 g/mol. The van der Waals surface area contributed by atoms with Crippen molar-refractivity contribution in [3.05, 3.63) is 112 Å². The fraction of sp³-hybridized carbons (Fsp3) is 0.0833. The molecule has 1 aromatic heterocycles. The molecule has 0 fully saturated rings. The quantitative estimate of drug-likeness (QED) is 0.405. The lowest BCUT2D eigenvalue weighted by atomic mass is 10.0. The molecule has 9 heteroatoms. The van der Waals surface area contributed by atoms with Gasteiger partial charge in [-0.2, -0.15) is 9.78 Å². The van der Waals surface area contributed by atoms with Crippen molar-refractivity contribution in [2.24, 2.45) is 0 Å². The van der Waals surface area contributed by atoms with E-state index in [-0.39, 0.29) is 17.9 Å². The molecule has 33 heavy (non-hydrogen) atoms. The molecule has 4 aromatic rings. The number of hydrogen-bond acceptors (Lipinski definition) is 4. The fourth-order valence-corrected chi connectivity index (χ4v) is 3.73. The van der Waals surface area contributed by atoms with Crippen LogP contribution >= 0.6 is 0 Å². The zero-order valence-electron chi connectivity index (χ0n) is 17.2. The summed E-state index contributed by atoms with van der Waals surface area (Å²) in [5.41, 5.74) is 2.06. The molecule has 0 aliphatic heterocycles. The zero-order valence-corrected chi connectivity index (χ0v) is 18.0. The molecule has 0 aliphatic rings. The Kier molecular flexibility index (Phi) is 6.71. The Labute approximate surface area is 190 Å². The van der Waals surface area contributed by atoms with E-state index in [2.05, 4.69) is 5.10 Å². The molecule has 0 bridgehead atoms. The van der Waals surface area contributed by atoms with Gasteiger partial charge in [0.25, 0.3) is 5.56 Å². The van der Waals surface area contributed by atoms with Crippen LogP contribution in [0.1, 0.15) is 11.1 Å². The van der Waals surface area contributed by atoms with Gasteiger partial charge in [-0.1, -0.05) is 24.3 Å². The van der Waals surface area contributed by atoms with Crippen molar-refractivity contribution in [3.8, 4) is 22.6 Å². The van der Waals surface area contributed by atoms with Crippen molar-refractivity contribution in [3.63, 3.8) is 0 Å². The SMILES string of the molecule is O=c1c(COc2ccc(F)cc2)c(-c2ccc(CS(=O)O)cc2)cnn1-c1ccc(F)cc1. The number of halogens is 2. The second-order valence-corrected chi connectivity index (χ2v) is 8.07. The van der Waals surface area contributed by atoms with Gasteiger partial charge in [-0.3, -0.25) is 4.79 Å². The Morgan fingerprint density at radius 1 is 0.909 bits per heavy atom. The second-order valence-electron chi connectivity index (χ2n) is 7.14. The van der Waals surface area contributed by atoms with Gasteiger partial charge in [-0.15, -0.1) is 0 Å². The average Bonchev–Trinajstić information content (AvgIpc) is 2.80. The Morgan fingerprint density at radius 2 is 1.52 bits per heavy atom. The third kappa shape index (κ3) is 5.39. The largest absolute Gasteiger partial charge is 0.489 e. The van der Waals surface area contributed by atoms with E-state index in [4.69, 9.17) is 9.29 Å². The van der Waals surface area contributed by atoms with Gasteiger partial charge in [-0.05, 0) is 59.7 Å². The van der Waals surface area contributed by atoms with Crippen LogP contribution in [0.2, 0.25) is 0 Å². The molecule has 3 aromatic carbocycles. The maximum absolute atomic E-state index is 13.3. The topological polar surface area (TPSA) is 81.4 Å². The Morgan fingerprint density at radius 3 is 2.12 bits per heavy atom. The maximum Gasteiger partial charge on any atom is 0.278 e. The van der Waals surface area contributed by atoms with E-state index in [1.54, 1.807) is 24.3 Å². The second kappa shape index (κ2) is 9.85. The van der Waals surface area contributed by atoms with Gasteiger partial charge in [0, 0.05) is 5.56 Å². The van der Waals surface area contributed by atoms with Crippen molar-refractivity contribution in [1.29, 1.82) is 0 Å². The van der Waals surface area contributed by atoms with Gasteiger partial charge in [0.1, 0.15) is 24.0 Å². The maximum atomic E-state index is 13.3. The van der Waals surface area contributed by atoms with Crippen LogP contribution < -0.4 is 10.3 Å². The van der Waals surface area contributed by atoms with E-state index in [9.17, 15) is 17.8 Å². The summed E-state index contributed by atoms with van der Waals surface area (Å²) in [5.74, 6) is -0.472. The lowest BCUT2D eigenvalue weighted by Crippen LogP contribution is -2.26. The van der Waals surface area contributed by atoms with Crippen molar-refractivity contribution < 1.29 is 22.3 Å². The number of aromatic nitrogens is 2. The highest BCUT2D eigenvalue weighted by Gasteiger charge is 2.16. The molecule has 168 valence electrons. The number of benzene rings is 3. The fourth-order valence-electron chi connectivity index (χ4n) is 3.25. The van der Waals surface area contributed by atoms with E-state index in [1.165, 1.54) is 54.7 Å². The van der Waals surface area contributed by atoms with Crippen LogP contribution in [0.5, 0.6) is 5.75 Å². The lowest BCUT2D eigenvalue weighted by molar-refractivity contribution is 0.303. The van der Waals surface area contributed by atoms with Gasteiger partial charge < -0.3 is 9.29 Å². The third-order valence-corrected chi connectivity index (χ3v) is 5.48. The third-order valence-electron chi connectivity index (χ3n) is 4.90. The molecular formula is C24H18F2N2O4S. The van der Waals surface area contributed by atoms with Crippen LogP contribution in [0, 0.1) is 11.6 Å². The van der Waals surface area contributed by atoms with E-state index >= 15 is 0 Å². The minimum absolute atomic E-state index is 0.00870. The number of rotatable bonds is 7. The zero-order chi connectivity index (χ0) is 23.4. The predicted octanol–water partition coefficient (Wildman–Crippen LogP) is 4.48. The molecule has 1 heterocycles. The predicted molar refractivity (Wildman–Crippen MR) is 120 cm³/mol. The summed E-state index contributed by atoms with van der Waals surface area (Å²) in [7, 11) is 0. The minimum atomic E-state index is -1.97. The normalized spacial score (nSPS) is 11.8. The molecule has 4 rings (SSSR count). The van der Waals surface area contributed by atoms with Gasteiger partial charge in [0.15, 0.2) is 11.1 Å².